The summed E-state index contributed by atoms with van der Waals surface area (Å²) in [6.45, 7) is 1.77. The fourth-order valence-corrected chi connectivity index (χ4v) is 3.19. The molecule has 18 heavy (non-hydrogen) atoms. The van der Waals surface area contributed by atoms with Crippen LogP contribution >= 0.6 is 11.3 Å². The molecule has 1 amide bonds. The molecule has 0 atom stereocenters. The average Bonchev–Trinajstić information content (AvgIpc) is 2.81. The van der Waals surface area contributed by atoms with Gasteiger partial charge in [-0.1, -0.05) is 0 Å². The molecule has 0 aromatic carbocycles. The Kier molecular flexibility index (Phi) is 4.74. The van der Waals surface area contributed by atoms with Crippen molar-refractivity contribution in [3.8, 4) is 0 Å². The van der Waals surface area contributed by atoms with Crippen LogP contribution in [0.2, 0.25) is 0 Å². The summed E-state index contributed by atoms with van der Waals surface area (Å²) in [6, 6.07) is 1.85. The van der Waals surface area contributed by atoms with Gasteiger partial charge in [-0.05, 0) is 44.2 Å². The highest BCUT2D eigenvalue weighted by Crippen LogP contribution is 2.23. The van der Waals surface area contributed by atoms with Crippen LogP contribution in [0.4, 0.5) is 0 Å². The lowest BCUT2D eigenvalue weighted by atomic mass is 9.87. The summed E-state index contributed by atoms with van der Waals surface area (Å²) >= 11 is 1.56. The fourth-order valence-electron chi connectivity index (χ4n) is 2.35. The number of primary amides is 1. The number of rotatable bonds is 5. The molecule has 0 aliphatic heterocycles. The van der Waals surface area contributed by atoms with Crippen molar-refractivity contribution in [2.45, 2.75) is 38.3 Å². The predicted octanol–water partition coefficient (Wildman–Crippen LogP) is 1.49. The first kappa shape index (κ1) is 13.5. The number of nitrogens with one attached hydrogen (secondary N) is 1. The summed E-state index contributed by atoms with van der Waals surface area (Å²) in [5.74, 6) is 0.308. The van der Waals surface area contributed by atoms with E-state index in [2.05, 4.69) is 5.32 Å². The molecule has 1 saturated carbocycles. The van der Waals surface area contributed by atoms with Gasteiger partial charge in [0, 0.05) is 16.8 Å². The third kappa shape index (κ3) is 3.80. The summed E-state index contributed by atoms with van der Waals surface area (Å²) in [4.78, 5) is 12.1. The van der Waals surface area contributed by atoms with E-state index >= 15 is 0 Å². The van der Waals surface area contributed by atoms with Crippen molar-refractivity contribution in [1.29, 1.82) is 0 Å². The summed E-state index contributed by atoms with van der Waals surface area (Å²) in [7, 11) is 0. The lowest BCUT2D eigenvalue weighted by Gasteiger charge is -2.25. The van der Waals surface area contributed by atoms with Gasteiger partial charge in [0.15, 0.2) is 0 Å². The Morgan fingerprint density at radius 2 is 2.17 bits per heavy atom. The van der Waals surface area contributed by atoms with Crippen molar-refractivity contribution >= 4 is 17.2 Å². The number of aliphatic hydroxyl groups is 1. The normalized spacial score (nSPS) is 24.1. The molecule has 1 heterocycles. The maximum Gasteiger partial charge on any atom is 0.249 e. The van der Waals surface area contributed by atoms with Crippen molar-refractivity contribution in [3.05, 3.63) is 21.9 Å². The molecule has 1 aliphatic carbocycles. The molecule has 100 valence electrons. The third-order valence-electron chi connectivity index (χ3n) is 3.49. The monoisotopic (exact) mass is 268 g/mol. The fraction of sp³-hybridized carbons (Fsp3) is 0.615. The number of hydrogen-bond acceptors (Lipinski definition) is 4. The zero-order chi connectivity index (χ0) is 13.0. The molecule has 0 bridgehead atoms. The van der Waals surface area contributed by atoms with Crippen LogP contribution in [-0.2, 0) is 6.54 Å². The van der Waals surface area contributed by atoms with Gasteiger partial charge >= 0.3 is 0 Å². The lowest BCUT2D eigenvalue weighted by Crippen LogP contribution is -2.27. The molecule has 4 nitrogen and oxygen atoms in total. The first-order valence-electron chi connectivity index (χ1n) is 6.41. The van der Waals surface area contributed by atoms with Gasteiger partial charge in [-0.3, -0.25) is 4.79 Å². The number of hydrogen-bond donors (Lipinski definition) is 3. The minimum Gasteiger partial charge on any atom is -0.393 e. The maximum atomic E-state index is 11.0. The van der Waals surface area contributed by atoms with Crippen LogP contribution in [0.3, 0.4) is 0 Å². The van der Waals surface area contributed by atoms with Gasteiger partial charge in [-0.25, -0.2) is 0 Å². The highest BCUT2D eigenvalue weighted by molar-refractivity contribution is 7.10. The Labute approximate surface area is 111 Å². The molecule has 1 aromatic rings. The summed E-state index contributed by atoms with van der Waals surface area (Å²) in [5, 5.41) is 14.6. The lowest BCUT2D eigenvalue weighted by molar-refractivity contribution is 0.100. The predicted molar refractivity (Wildman–Crippen MR) is 72.5 cm³/mol. The molecule has 2 rings (SSSR count). The van der Waals surface area contributed by atoms with Gasteiger partial charge in [0.2, 0.25) is 5.91 Å². The van der Waals surface area contributed by atoms with Gasteiger partial charge in [0.1, 0.15) is 0 Å². The van der Waals surface area contributed by atoms with Gasteiger partial charge in [0.05, 0.1) is 11.7 Å². The SMILES string of the molecule is NC(=O)c1csc(CNCC2CCC(O)CC2)c1. The van der Waals surface area contributed by atoms with Crippen LogP contribution in [-0.4, -0.2) is 23.7 Å². The van der Waals surface area contributed by atoms with E-state index in [0.717, 1.165) is 43.6 Å². The molecule has 0 radical (unpaired) electrons. The first-order chi connectivity index (χ1) is 8.65. The molecule has 4 N–H and O–H groups in total. The number of carbonyl (C=O) groups excluding carboxylic acids is 1. The van der Waals surface area contributed by atoms with Gasteiger partial charge in [-0.2, -0.15) is 0 Å². The zero-order valence-corrected chi connectivity index (χ0v) is 11.2. The van der Waals surface area contributed by atoms with E-state index in [9.17, 15) is 9.90 Å². The van der Waals surface area contributed by atoms with Crippen LogP contribution in [0.15, 0.2) is 11.4 Å². The van der Waals surface area contributed by atoms with E-state index in [1.807, 2.05) is 6.07 Å². The minimum absolute atomic E-state index is 0.0864. The minimum atomic E-state index is -0.362. The Bertz CT molecular complexity index is 397. The molecule has 0 spiro atoms. The van der Waals surface area contributed by atoms with E-state index in [0.29, 0.717) is 11.5 Å². The van der Waals surface area contributed by atoms with Crippen LogP contribution in [0.25, 0.3) is 0 Å². The summed E-state index contributed by atoms with van der Waals surface area (Å²) in [5.41, 5.74) is 5.80. The molecule has 1 aromatic heterocycles. The van der Waals surface area contributed by atoms with Crippen molar-refractivity contribution in [2.24, 2.45) is 11.7 Å². The van der Waals surface area contributed by atoms with Crippen LogP contribution < -0.4 is 11.1 Å². The van der Waals surface area contributed by atoms with Crippen molar-refractivity contribution in [1.82, 2.24) is 5.32 Å². The number of carbonyl (C=O) groups is 1. The maximum absolute atomic E-state index is 11.0. The molecular formula is C13H20N2O2S. The van der Waals surface area contributed by atoms with Crippen LogP contribution in [0.1, 0.15) is 40.9 Å². The second-order valence-electron chi connectivity index (χ2n) is 4.97. The Morgan fingerprint density at radius 3 is 2.78 bits per heavy atom. The van der Waals surface area contributed by atoms with Crippen molar-refractivity contribution < 1.29 is 9.90 Å². The van der Waals surface area contributed by atoms with Gasteiger partial charge in [0.25, 0.3) is 0 Å². The van der Waals surface area contributed by atoms with E-state index in [1.165, 1.54) is 0 Å². The number of amides is 1. The number of aliphatic hydroxyl groups excluding tert-OH is 1. The molecule has 1 aliphatic rings. The van der Waals surface area contributed by atoms with E-state index in [1.54, 1.807) is 16.7 Å². The smallest absolute Gasteiger partial charge is 0.249 e. The molecule has 0 saturated heterocycles. The van der Waals surface area contributed by atoms with Crippen molar-refractivity contribution in [2.75, 3.05) is 6.54 Å². The van der Waals surface area contributed by atoms with E-state index in [-0.39, 0.29) is 12.0 Å². The largest absolute Gasteiger partial charge is 0.393 e. The molecular weight excluding hydrogens is 248 g/mol. The van der Waals surface area contributed by atoms with Gasteiger partial charge in [-0.15, -0.1) is 11.3 Å². The van der Waals surface area contributed by atoms with Crippen LogP contribution in [0.5, 0.6) is 0 Å². The third-order valence-corrected chi connectivity index (χ3v) is 4.42. The first-order valence-corrected chi connectivity index (χ1v) is 7.29. The van der Waals surface area contributed by atoms with E-state index < -0.39 is 0 Å². The Morgan fingerprint density at radius 1 is 1.44 bits per heavy atom. The quantitative estimate of drug-likeness (QED) is 0.757. The number of thiophene rings is 1. The highest BCUT2D eigenvalue weighted by Gasteiger charge is 2.18. The Balaban J connectivity index is 1.70. The van der Waals surface area contributed by atoms with Crippen LogP contribution in [0, 0.1) is 5.92 Å². The Hall–Kier alpha value is -0.910. The molecule has 5 heteroatoms. The zero-order valence-electron chi connectivity index (χ0n) is 10.4. The van der Waals surface area contributed by atoms with Crippen molar-refractivity contribution in [3.63, 3.8) is 0 Å². The summed E-state index contributed by atoms with van der Waals surface area (Å²) < 4.78 is 0. The highest BCUT2D eigenvalue weighted by atomic mass is 32.1. The molecule has 0 unspecified atom stereocenters. The topological polar surface area (TPSA) is 75.4 Å². The van der Waals surface area contributed by atoms with E-state index in [4.69, 9.17) is 5.73 Å². The average molecular weight is 268 g/mol. The summed E-state index contributed by atoms with van der Waals surface area (Å²) in [6.07, 6.45) is 3.97. The standard InChI is InChI=1S/C13H20N2O2S/c14-13(17)10-5-12(18-8-10)7-15-6-9-1-3-11(16)4-2-9/h5,8-9,11,15-16H,1-4,6-7H2,(H2,14,17). The van der Waals surface area contributed by atoms with Gasteiger partial charge < -0.3 is 16.2 Å². The number of nitrogens with two attached hydrogens (primary N) is 1. The molecule has 1 fully saturated rings. The second-order valence-corrected chi connectivity index (χ2v) is 5.97. The second kappa shape index (κ2) is 6.31.